The molecule has 0 spiro atoms. The molecular formula is C21H21ClN6O2. The highest BCUT2D eigenvalue weighted by Crippen LogP contribution is 2.35. The molecule has 1 saturated carbocycles. The Balaban J connectivity index is 1.37. The lowest BCUT2D eigenvalue weighted by Crippen LogP contribution is -2.41. The van der Waals surface area contributed by atoms with E-state index in [-0.39, 0.29) is 18.4 Å². The minimum absolute atomic E-state index is 0.00934. The molecule has 2 aliphatic rings. The first kappa shape index (κ1) is 18.9. The fourth-order valence-electron chi connectivity index (χ4n) is 3.69. The average molecular weight is 425 g/mol. The van der Waals surface area contributed by atoms with Gasteiger partial charge in [0.2, 0.25) is 5.91 Å². The standard InChI is InChI=1S/C21H21ClN6O2/c1-27(11-18-25-15-5-4-14(22)7-16(15)26-18)21(30)13-6-17-20(23-8-13)24-9-19(29)28(17)10-12-2-3-12/h4-8,12H,2-3,9-11H2,1H3,(H,23,24)(H,25,26). The predicted octanol–water partition coefficient (Wildman–Crippen LogP) is 3.05. The number of aromatic nitrogens is 3. The number of aromatic amines is 1. The topological polar surface area (TPSA) is 94.2 Å². The van der Waals surface area contributed by atoms with Crippen LogP contribution in [0.5, 0.6) is 0 Å². The number of imidazole rings is 1. The number of hydrogen-bond acceptors (Lipinski definition) is 5. The summed E-state index contributed by atoms with van der Waals surface area (Å²) in [6, 6.07) is 7.18. The van der Waals surface area contributed by atoms with Crippen LogP contribution < -0.4 is 10.2 Å². The Morgan fingerprint density at radius 2 is 2.17 bits per heavy atom. The number of benzene rings is 1. The lowest BCUT2D eigenvalue weighted by Gasteiger charge is -2.30. The molecule has 2 amide bonds. The van der Waals surface area contributed by atoms with Crippen molar-refractivity contribution in [2.75, 3.05) is 30.4 Å². The van der Waals surface area contributed by atoms with Crippen LogP contribution in [-0.4, -0.2) is 51.8 Å². The van der Waals surface area contributed by atoms with E-state index >= 15 is 0 Å². The van der Waals surface area contributed by atoms with Gasteiger partial charge < -0.3 is 20.1 Å². The number of amides is 2. The number of carbonyl (C=O) groups is 2. The maximum absolute atomic E-state index is 13.0. The van der Waals surface area contributed by atoms with Crippen LogP contribution in [-0.2, 0) is 11.3 Å². The summed E-state index contributed by atoms with van der Waals surface area (Å²) < 4.78 is 0. The van der Waals surface area contributed by atoms with Gasteiger partial charge in [-0.1, -0.05) is 11.6 Å². The maximum atomic E-state index is 13.0. The first-order valence-corrected chi connectivity index (χ1v) is 10.3. The Labute approximate surface area is 178 Å². The summed E-state index contributed by atoms with van der Waals surface area (Å²) in [5.41, 5.74) is 2.74. The number of nitrogens with zero attached hydrogens (tertiary/aromatic N) is 4. The van der Waals surface area contributed by atoms with Gasteiger partial charge in [-0.3, -0.25) is 9.59 Å². The van der Waals surface area contributed by atoms with E-state index < -0.39 is 0 Å². The number of carbonyl (C=O) groups excluding carboxylic acids is 2. The van der Waals surface area contributed by atoms with Crippen molar-refractivity contribution >= 4 is 46.0 Å². The van der Waals surface area contributed by atoms with E-state index in [4.69, 9.17) is 11.6 Å². The molecule has 5 rings (SSSR count). The summed E-state index contributed by atoms with van der Waals surface area (Å²) >= 11 is 6.03. The van der Waals surface area contributed by atoms with Crippen LogP contribution >= 0.6 is 11.6 Å². The monoisotopic (exact) mass is 424 g/mol. The zero-order chi connectivity index (χ0) is 20.8. The van der Waals surface area contributed by atoms with Crippen molar-refractivity contribution < 1.29 is 9.59 Å². The Kier molecular flexibility index (Phi) is 4.58. The fourth-order valence-corrected chi connectivity index (χ4v) is 3.86. The Bertz CT molecular complexity index is 1160. The molecule has 3 aromatic rings. The van der Waals surface area contributed by atoms with E-state index in [2.05, 4.69) is 20.3 Å². The number of halogens is 1. The summed E-state index contributed by atoms with van der Waals surface area (Å²) in [6.07, 6.45) is 3.84. The highest BCUT2D eigenvalue weighted by atomic mass is 35.5. The molecule has 1 aliphatic carbocycles. The number of pyridine rings is 1. The zero-order valence-electron chi connectivity index (χ0n) is 16.5. The minimum atomic E-state index is -0.187. The molecule has 2 aromatic heterocycles. The minimum Gasteiger partial charge on any atom is -0.359 e. The molecule has 1 aliphatic heterocycles. The van der Waals surface area contributed by atoms with Gasteiger partial charge in [0.05, 0.1) is 35.4 Å². The molecule has 0 atom stereocenters. The van der Waals surface area contributed by atoms with Crippen molar-refractivity contribution in [1.29, 1.82) is 0 Å². The molecule has 0 radical (unpaired) electrons. The molecule has 9 heteroatoms. The average Bonchev–Trinajstić information content (AvgIpc) is 3.47. The first-order valence-electron chi connectivity index (χ1n) is 9.92. The molecule has 1 fully saturated rings. The van der Waals surface area contributed by atoms with E-state index in [0.29, 0.717) is 46.9 Å². The van der Waals surface area contributed by atoms with Gasteiger partial charge in [0.25, 0.3) is 5.91 Å². The lowest BCUT2D eigenvalue weighted by molar-refractivity contribution is -0.117. The molecule has 8 nitrogen and oxygen atoms in total. The molecule has 30 heavy (non-hydrogen) atoms. The van der Waals surface area contributed by atoms with Crippen molar-refractivity contribution in [2.24, 2.45) is 5.92 Å². The van der Waals surface area contributed by atoms with Gasteiger partial charge in [0, 0.05) is 24.8 Å². The summed E-state index contributed by atoms with van der Waals surface area (Å²) in [4.78, 5) is 40.9. The van der Waals surface area contributed by atoms with E-state index in [0.717, 1.165) is 23.9 Å². The second kappa shape index (κ2) is 7.28. The molecule has 0 unspecified atom stereocenters. The van der Waals surface area contributed by atoms with E-state index in [1.54, 1.807) is 41.2 Å². The van der Waals surface area contributed by atoms with Crippen LogP contribution in [0, 0.1) is 5.92 Å². The van der Waals surface area contributed by atoms with Crippen LogP contribution in [0.25, 0.3) is 11.0 Å². The summed E-state index contributed by atoms with van der Waals surface area (Å²) in [5, 5.41) is 3.66. The van der Waals surface area contributed by atoms with Crippen LogP contribution in [0.4, 0.5) is 11.5 Å². The van der Waals surface area contributed by atoms with Crippen molar-refractivity contribution in [3.05, 3.63) is 46.9 Å². The SMILES string of the molecule is CN(Cc1nc2ccc(Cl)cc2[nH]1)C(=O)c1cnc2c(c1)N(CC1CC1)C(=O)CN2. The molecule has 2 N–H and O–H groups in total. The molecule has 0 bridgehead atoms. The van der Waals surface area contributed by atoms with Gasteiger partial charge in [0.1, 0.15) is 11.6 Å². The highest BCUT2D eigenvalue weighted by Gasteiger charge is 2.32. The van der Waals surface area contributed by atoms with E-state index in [9.17, 15) is 9.59 Å². The van der Waals surface area contributed by atoms with Gasteiger partial charge in [-0.15, -0.1) is 0 Å². The fraction of sp³-hybridized carbons (Fsp3) is 0.333. The number of hydrogen-bond donors (Lipinski definition) is 2. The highest BCUT2D eigenvalue weighted by molar-refractivity contribution is 6.31. The van der Waals surface area contributed by atoms with Gasteiger partial charge in [0.15, 0.2) is 0 Å². The van der Waals surface area contributed by atoms with Crippen LogP contribution in [0.1, 0.15) is 29.0 Å². The Hall–Kier alpha value is -3.13. The van der Waals surface area contributed by atoms with Gasteiger partial charge >= 0.3 is 0 Å². The third-order valence-electron chi connectivity index (χ3n) is 5.48. The number of H-pyrrole nitrogens is 1. The number of fused-ring (bicyclic) bond motifs is 2. The van der Waals surface area contributed by atoms with E-state index in [1.807, 2.05) is 6.07 Å². The van der Waals surface area contributed by atoms with Crippen molar-refractivity contribution in [1.82, 2.24) is 19.9 Å². The largest absolute Gasteiger partial charge is 0.359 e. The molecule has 154 valence electrons. The molecule has 0 saturated heterocycles. The molecule has 3 heterocycles. The maximum Gasteiger partial charge on any atom is 0.255 e. The van der Waals surface area contributed by atoms with E-state index in [1.165, 1.54) is 0 Å². The van der Waals surface area contributed by atoms with Crippen molar-refractivity contribution in [3.8, 4) is 0 Å². The third-order valence-corrected chi connectivity index (χ3v) is 5.71. The van der Waals surface area contributed by atoms with Crippen molar-refractivity contribution in [2.45, 2.75) is 19.4 Å². The second-order valence-electron chi connectivity index (χ2n) is 7.90. The number of anilines is 2. The quantitative estimate of drug-likeness (QED) is 0.656. The predicted molar refractivity (Wildman–Crippen MR) is 115 cm³/mol. The van der Waals surface area contributed by atoms with Gasteiger partial charge in [-0.05, 0) is 43.0 Å². The van der Waals surface area contributed by atoms with Crippen molar-refractivity contribution in [3.63, 3.8) is 0 Å². The summed E-state index contributed by atoms with van der Waals surface area (Å²) in [5.74, 6) is 1.68. The zero-order valence-corrected chi connectivity index (χ0v) is 17.2. The van der Waals surface area contributed by atoms with Gasteiger partial charge in [-0.2, -0.15) is 0 Å². The normalized spacial score (nSPS) is 15.8. The smallest absolute Gasteiger partial charge is 0.255 e. The third kappa shape index (κ3) is 3.59. The molecule has 1 aromatic carbocycles. The first-order chi connectivity index (χ1) is 14.5. The summed E-state index contributed by atoms with van der Waals surface area (Å²) in [7, 11) is 1.72. The summed E-state index contributed by atoms with van der Waals surface area (Å²) in [6.45, 7) is 1.23. The Morgan fingerprint density at radius 1 is 1.33 bits per heavy atom. The van der Waals surface area contributed by atoms with Crippen LogP contribution in [0.15, 0.2) is 30.5 Å². The number of nitrogens with one attached hydrogen (secondary N) is 2. The van der Waals surface area contributed by atoms with Crippen LogP contribution in [0.3, 0.4) is 0 Å². The lowest BCUT2D eigenvalue weighted by atomic mass is 10.1. The number of rotatable bonds is 5. The van der Waals surface area contributed by atoms with Crippen LogP contribution in [0.2, 0.25) is 5.02 Å². The molecular weight excluding hydrogens is 404 g/mol. The Morgan fingerprint density at radius 3 is 2.97 bits per heavy atom. The van der Waals surface area contributed by atoms with Gasteiger partial charge in [-0.25, -0.2) is 9.97 Å². The second-order valence-corrected chi connectivity index (χ2v) is 8.34.